The van der Waals surface area contributed by atoms with Crippen molar-refractivity contribution in [2.24, 2.45) is 0 Å². The molecule has 0 bridgehead atoms. The van der Waals surface area contributed by atoms with E-state index in [-0.39, 0.29) is 28.9 Å². The minimum atomic E-state index is -4.50. The maximum Gasteiger partial charge on any atom is 0.416 e. The first-order valence-corrected chi connectivity index (χ1v) is 8.08. The Labute approximate surface area is 151 Å². The van der Waals surface area contributed by atoms with Crippen LogP contribution in [0.4, 0.5) is 13.2 Å². The van der Waals surface area contributed by atoms with Gasteiger partial charge in [-0.05, 0) is 17.7 Å². The van der Waals surface area contributed by atoms with E-state index in [4.69, 9.17) is 4.74 Å². The highest BCUT2D eigenvalue weighted by atomic mass is 19.4. The molecule has 136 valence electrons. The summed E-state index contributed by atoms with van der Waals surface area (Å²) in [5.74, 6) is -2.92. The SMILES string of the molecule is O=C1CC(c2ccc(C(F)(F)F)cc2)C2=C(O1)C(=O)c1ccccc1C2=O. The van der Waals surface area contributed by atoms with Crippen LogP contribution >= 0.6 is 0 Å². The van der Waals surface area contributed by atoms with Crippen molar-refractivity contribution in [2.75, 3.05) is 0 Å². The maximum atomic E-state index is 12.9. The number of hydrogen-bond donors (Lipinski definition) is 0. The second-order valence-corrected chi connectivity index (χ2v) is 6.30. The first-order valence-electron chi connectivity index (χ1n) is 8.08. The number of Topliss-reactive ketones (excluding diaryl/α,β-unsaturated/α-hetero) is 2. The summed E-state index contributed by atoms with van der Waals surface area (Å²) < 4.78 is 43.4. The summed E-state index contributed by atoms with van der Waals surface area (Å²) in [5, 5.41) is 0. The largest absolute Gasteiger partial charge is 0.422 e. The zero-order valence-corrected chi connectivity index (χ0v) is 13.7. The minimum absolute atomic E-state index is 0.0121. The number of fused-ring (bicyclic) bond motifs is 1. The Kier molecular flexibility index (Phi) is 3.76. The van der Waals surface area contributed by atoms with Gasteiger partial charge in [-0.1, -0.05) is 36.4 Å². The number of hydrogen-bond acceptors (Lipinski definition) is 4. The first-order chi connectivity index (χ1) is 12.8. The van der Waals surface area contributed by atoms with Gasteiger partial charge in [0.2, 0.25) is 5.78 Å². The van der Waals surface area contributed by atoms with Crippen LogP contribution in [0.15, 0.2) is 59.9 Å². The number of halogens is 3. The summed E-state index contributed by atoms with van der Waals surface area (Å²) in [6, 6.07) is 10.4. The van der Waals surface area contributed by atoms with Gasteiger partial charge in [-0.15, -0.1) is 0 Å². The Morgan fingerprint density at radius 2 is 1.44 bits per heavy atom. The summed E-state index contributed by atoms with van der Waals surface area (Å²) in [6.07, 6.45) is -4.73. The Morgan fingerprint density at radius 3 is 2.04 bits per heavy atom. The zero-order chi connectivity index (χ0) is 19.3. The normalized spacial score (nSPS) is 19.5. The minimum Gasteiger partial charge on any atom is -0.422 e. The van der Waals surface area contributed by atoms with Gasteiger partial charge in [0.15, 0.2) is 11.5 Å². The van der Waals surface area contributed by atoms with Crippen LogP contribution in [-0.4, -0.2) is 17.5 Å². The van der Waals surface area contributed by atoms with E-state index in [0.29, 0.717) is 5.56 Å². The Balaban J connectivity index is 1.83. The molecule has 1 heterocycles. The van der Waals surface area contributed by atoms with Gasteiger partial charge in [0, 0.05) is 17.0 Å². The summed E-state index contributed by atoms with van der Waals surface area (Å²) in [7, 11) is 0. The number of ketones is 2. The number of rotatable bonds is 1. The Bertz CT molecular complexity index is 1020. The van der Waals surface area contributed by atoms with E-state index in [1.165, 1.54) is 24.3 Å². The van der Waals surface area contributed by atoms with E-state index in [2.05, 4.69) is 0 Å². The molecule has 2 aliphatic rings. The monoisotopic (exact) mass is 372 g/mol. The highest BCUT2D eigenvalue weighted by Crippen LogP contribution is 2.41. The molecule has 0 amide bonds. The third-order valence-electron chi connectivity index (χ3n) is 4.69. The molecule has 1 atom stereocenters. The molecule has 2 aromatic carbocycles. The van der Waals surface area contributed by atoms with Crippen LogP contribution < -0.4 is 0 Å². The zero-order valence-electron chi connectivity index (χ0n) is 13.7. The van der Waals surface area contributed by atoms with Gasteiger partial charge in [0.05, 0.1) is 17.6 Å². The first kappa shape index (κ1) is 17.2. The van der Waals surface area contributed by atoms with Crippen molar-refractivity contribution in [3.05, 3.63) is 82.1 Å². The fraction of sp³-hybridized carbons (Fsp3) is 0.150. The van der Waals surface area contributed by atoms with E-state index >= 15 is 0 Å². The molecule has 4 nitrogen and oxygen atoms in total. The fourth-order valence-corrected chi connectivity index (χ4v) is 3.40. The number of ether oxygens (including phenoxy) is 1. The summed E-state index contributed by atoms with van der Waals surface area (Å²) in [5.41, 5.74) is -0.154. The van der Waals surface area contributed by atoms with Crippen molar-refractivity contribution >= 4 is 17.5 Å². The number of alkyl halides is 3. The molecule has 2 aromatic rings. The molecule has 0 saturated heterocycles. The topological polar surface area (TPSA) is 60.4 Å². The predicted molar refractivity (Wildman–Crippen MR) is 87.0 cm³/mol. The second kappa shape index (κ2) is 5.90. The average Bonchev–Trinajstić information content (AvgIpc) is 2.65. The van der Waals surface area contributed by atoms with Gasteiger partial charge in [-0.2, -0.15) is 13.2 Å². The predicted octanol–water partition coefficient (Wildman–Crippen LogP) is 4.07. The number of carbonyl (C=O) groups is 3. The lowest BCUT2D eigenvalue weighted by Crippen LogP contribution is -2.32. The van der Waals surface area contributed by atoms with E-state index in [1.54, 1.807) is 12.1 Å². The average molecular weight is 372 g/mol. The van der Waals surface area contributed by atoms with Crippen LogP contribution in [-0.2, 0) is 15.7 Å². The highest BCUT2D eigenvalue weighted by molar-refractivity contribution is 6.27. The van der Waals surface area contributed by atoms with Crippen molar-refractivity contribution in [1.29, 1.82) is 0 Å². The van der Waals surface area contributed by atoms with Gasteiger partial charge in [0.1, 0.15) is 0 Å². The maximum absolute atomic E-state index is 12.9. The molecule has 0 saturated carbocycles. The molecule has 1 aliphatic carbocycles. The number of benzene rings is 2. The van der Waals surface area contributed by atoms with E-state index < -0.39 is 35.2 Å². The number of allylic oxidation sites excluding steroid dienone is 2. The quantitative estimate of drug-likeness (QED) is 0.708. The second-order valence-electron chi connectivity index (χ2n) is 6.30. The molecular weight excluding hydrogens is 361 g/mol. The van der Waals surface area contributed by atoms with Gasteiger partial charge < -0.3 is 4.74 Å². The smallest absolute Gasteiger partial charge is 0.416 e. The lowest BCUT2D eigenvalue weighted by Gasteiger charge is -2.30. The molecule has 4 rings (SSSR count). The summed E-state index contributed by atoms with van der Waals surface area (Å²) in [6.45, 7) is 0. The molecule has 1 unspecified atom stereocenters. The Hall–Kier alpha value is -3.22. The van der Waals surface area contributed by atoms with Gasteiger partial charge in [-0.3, -0.25) is 14.4 Å². The molecule has 1 aliphatic heterocycles. The molecule has 0 radical (unpaired) electrons. The van der Waals surface area contributed by atoms with E-state index in [9.17, 15) is 27.6 Å². The molecular formula is C20H11F3O4. The van der Waals surface area contributed by atoms with Crippen LogP contribution in [0, 0.1) is 0 Å². The van der Waals surface area contributed by atoms with Crippen molar-refractivity contribution in [3.8, 4) is 0 Å². The summed E-state index contributed by atoms with van der Waals surface area (Å²) in [4.78, 5) is 37.6. The van der Waals surface area contributed by atoms with E-state index in [0.717, 1.165) is 12.1 Å². The van der Waals surface area contributed by atoms with Crippen molar-refractivity contribution < 1.29 is 32.3 Å². The third-order valence-corrected chi connectivity index (χ3v) is 4.69. The van der Waals surface area contributed by atoms with Crippen molar-refractivity contribution in [2.45, 2.75) is 18.5 Å². The third kappa shape index (κ3) is 2.75. The van der Waals surface area contributed by atoms with Crippen LogP contribution in [0.1, 0.15) is 44.2 Å². The lowest BCUT2D eigenvalue weighted by molar-refractivity contribution is -0.140. The lowest BCUT2D eigenvalue weighted by atomic mass is 9.77. The van der Waals surface area contributed by atoms with Gasteiger partial charge in [0.25, 0.3) is 0 Å². The van der Waals surface area contributed by atoms with Crippen molar-refractivity contribution in [1.82, 2.24) is 0 Å². The van der Waals surface area contributed by atoms with Crippen molar-refractivity contribution in [3.63, 3.8) is 0 Å². The fourth-order valence-electron chi connectivity index (χ4n) is 3.40. The highest BCUT2D eigenvalue weighted by Gasteiger charge is 2.43. The number of carbonyl (C=O) groups excluding carboxylic acids is 3. The van der Waals surface area contributed by atoms with Crippen LogP contribution in [0.2, 0.25) is 0 Å². The van der Waals surface area contributed by atoms with Crippen LogP contribution in [0.5, 0.6) is 0 Å². The molecule has 0 N–H and O–H groups in total. The van der Waals surface area contributed by atoms with Gasteiger partial charge >= 0.3 is 12.1 Å². The Morgan fingerprint density at radius 1 is 0.852 bits per heavy atom. The standard InChI is InChI=1S/C20H11F3O4/c21-20(22,23)11-7-5-10(6-8-11)14-9-15(24)27-19-16(14)17(25)12-3-1-2-4-13(12)18(19)26/h1-8,14H,9H2. The summed E-state index contributed by atoms with van der Waals surface area (Å²) >= 11 is 0. The molecule has 7 heteroatoms. The van der Waals surface area contributed by atoms with Crippen LogP contribution in [0.25, 0.3) is 0 Å². The van der Waals surface area contributed by atoms with Gasteiger partial charge in [-0.25, -0.2) is 0 Å². The molecule has 0 spiro atoms. The molecule has 0 aromatic heterocycles. The molecule has 0 fully saturated rings. The molecule has 27 heavy (non-hydrogen) atoms. The van der Waals surface area contributed by atoms with Crippen LogP contribution in [0.3, 0.4) is 0 Å². The number of esters is 1. The van der Waals surface area contributed by atoms with E-state index in [1.807, 2.05) is 0 Å².